The summed E-state index contributed by atoms with van der Waals surface area (Å²) in [5, 5.41) is 10.4. The molecule has 0 amide bonds. The van der Waals surface area contributed by atoms with E-state index in [1.165, 1.54) is 24.1 Å². The lowest BCUT2D eigenvalue weighted by Crippen LogP contribution is -2.31. The number of aromatic nitrogens is 2. The van der Waals surface area contributed by atoms with Crippen LogP contribution < -0.4 is 0 Å². The van der Waals surface area contributed by atoms with Crippen LogP contribution >= 0.6 is 0 Å². The molecule has 0 saturated carbocycles. The number of benzene rings is 1. The van der Waals surface area contributed by atoms with Gasteiger partial charge >= 0.3 is 6.09 Å². The first kappa shape index (κ1) is 19.7. The molecule has 1 atom stereocenters. The average molecular weight is 383 g/mol. The summed E-state index contributed by atoms with van der Waals surface area (Å²) in [6.45, 7) is 5.93. The normalized spacial score (nSPS) is 17.0. The third kappa shape index (κ3) is 4.26. The van der Waals surface area contributed by atoms with Crippen LogP contribution in [0.15, 0.2) is 60.8 Å². The molecule has 7 heteroatoms. The van der Waals surface area contributed by atoms with Crippen molar-refractivity contribution in [2.45, 2.75) is 39.0 Å². The number of imidazole rings is 1. The number of carbonyl (C=O) groups is 1. The maximum absolute atomic E-state index is 12.7. The molecular formula is C21H25N3O4. The lowest BCUT2D eigenvalue weighted by atomic mass is 10.1. The summed E-state index contributed by atoms with van der Waals surface area (Å²) in [4.78, 5) is 18.9. The van der Waals surface area contributed by atoms with E-state index in [-0.39, 0.29) is 0 Å². The SMILES string of the molecule is COC1=C(c2nccn2C(=O)OC(C)(C)C)N(Cc2ccccc2)C=CC1O. The number of hydrogen-bond donors (Lipinski definition) is 1. The zero-order valence-corrected chi connectivity index (χ0v) is 16.5. The first-order valence-corrected chi connectivity index (χ1v) is 9.02. The molecule has 1 unspecified atom stereocenters. The maximum atomic E-state index is 12.7. The van der Waals surface area contributed by atoms with Gasteiger partial charge in [-0.05, 0) is 32.4 Å². The summed E-state index contributed by atoms with van der Waals surface area (Å²) in [7, 11) is 1.49. The van der Waals surface area contributed by atoms with Gasteiger partial charge < -0.3 is 19.5 Å². The molecule has 0 aliphatic carbocycles. The fourth-order valence-corrected chi connectivity index (χ4v) is 2.93. The summed E-state index contributed by atoms with van der Waals surface area (Å²) in [6, 6.07) is 9.87. The number of rotatable bonds is 4. The molecule has 2 aromatic rings. The summed E-state index contributed by atoms with van der Waals surface area (Å²) in [5.41, 5.74) is 0.927. The van der Waals surface area contributed by atoms with E-state index in [1.807, 2.05) is 35.2 Å². The molecule has 0 bridgehead atoms. The Morgan fingerprint density at radius 1 is 1.25 bits per heavy atom. The molecular weight excluding hydrogens is 358 g/mol. The van der Waals surface area contributed by atoms with E-state index in [0.29, 0.717) is 23.8 Å². The van der Waals surface area contributed by atoms with Crippen molar-refractivity contribution in [2.75, 3.05) is 7.11 Å². The molecule has 1 aromatic carbocycles. The average Bonchev–Trinajstić information content (AvgIpc) is 3.12. The molecule has 1 aliphatic rings. The van der Waals surface area contributed by atoms with E-state index in [4.69, 9.17) is 9.47 Å². The molecule has 7 nitrogen and oxygen atoms in total. The van der Waals surface area contributed by atoms with Crippen molar-refractivity contribution in [3.63, 3.8) is 0 Å². The minimum absolute atomic E-state index is 0.314. The van der Waals surface area contributed by atoms with Gasteiger partial charge in [-0.15, -0.1) is 0 Å². The number of ether oxygens (including phenoxy) is 2. The van der Waals surface area contributed by atoms with E-state index >= 15 is 0 Å². The number of carbonyl (C=O) groups excluding carboxylic acids is 1. The molecule has 3 rings (SSSR count). The van der Waals surface area contributed by atoms with E-state index in [1.54, 1.807) is 33.0 Å². The van der Waals surface area contributed by atoms with Crippen LogP contribution in [0.2, 0.25) is 0 Å². The minimum atomic E-state index is -0.934. The second-order valence-corrected chi connectivity index (χ2v) is 7.42. The second kappa shape index (κ2) is 7.90. The smallest absolute Gasteiger partial charge is 0.420 e. The van der Waals surface area contributed by atoms with Gasteiger partial charge in [0.25, 0.3) is 0 Å². The molecule has 0 fully saturated rings. The van der Waals surface area contributed by atoms with Crippen molar-refractivity contribution in [3.05, 3.63) is 72.1 Å². The molecule has 1 aliphatic heterocycles. The fraction of sp³-hybridized carbons (Fsp3) is 0.333. The number of hydrogen-bond acceptors (Lipinski definition) is 6. The van der Waals surface area contributed by atoms with Gasteiger partial charge in [-0.3, -0.25) is 0 Å². The standard InChI is InChI=1S/C21H25N3O4/c1-21(2,3)28-20(26)24-13-11-22-19(24)17-18(27-4)16(25)10-12-23(17)14-15-8-6-5-7-9-15/h5-13,16,25H,14H2,1-4H3. The van der Waals surface area contributed by atoms with Crippen molar-refractivity contribution in [3.8, 4) is 0 Å². The molecule has 0 radical (unpaired) electrons. The zero-order valence-electron chi connectivity index (χ0n) is 16.5. The summed E-state index contributed by atoms with van der Waals surface area (Å²) in [6.07, 6.45) is 4.97. The summed E-state index contributed by atoms with van der Waals surface area (Å²) in [5.74, 6) is 0.653. The number of aliphatic hydroxyl groups is 1. The Hall–Kier alpha value is -3.06. The Kier molecular flexibility index (Phi) is 5.56. The Balaban J connectivity index is 2.03. The van der Waals surface area contributed by atoms with Crippen LogP contribution in [0, 0.1) is 0 Å². The third-order valence-corrected chi connectivity index (χ3v) is 4.10. The van der Waals surface area contributed by atoms with E-state index in [0.717, 1.165) is 5.56 Å². The van der Waals surface area contributed by atoms with Gasteiger partial charge in [0.1, 0.15) is 17.4 Å². The minimum Gasteiger partial charge on any atom is -0.496 e. The Morgan fingerprint density at radius 2 is 1.96 bits per heavy atom. The van der Waals surface area contributed by atoms with Gasteiger partial charge in [0.15, 0.2) is 11.6 Å². The highest BCUT2D eigenvalue weighted by molar-refractivity contribution is 5.77. The molecule has 0 saturated heterocycles. The second-order valence-electron chi connectivity index (χ2n) is 7.42. The van der Waals surface area contributed by atoms with Gasteiger partial charge in [0, 0.05) is 25.1 Å². The highest BCUT2D eigenvalue weighted by Crippen LogP contribution is 2.31. The molecule has 148 valence electrons. The predicted molar refractivity (Wildman–Crippen MR) is 105 cm³/mol. The largest absolute Gasteiger partial charge is 0.496 e. The molecule has 1 N–H and O–H groups in total. The topological polar surface area (TPSA) is 76.8 Å². The van der Waals surface area contributed by atoms with E-state index in [9.17, 15) is 9.90 Å². The quantitative estimate of drug-likeness (QED) is 0.872. The van der Waals surface area contributed by atoms with Crippen LogP contribution in [-0.4, -0.2) is 44.5 Å². The van der Waals surface area contributed by atoms with Crippen LogP contribution in [0.25, 0.3) is 5.70 Å². The highest BCUT2D eigenvalue weighted by atomic mass is 16.6. The van der Waals surface area contributed by atoms with Crippen molar-refractivity contribution in [1.82, 2.24) is 14.5 Å². The van der Waals surface area contributed by atoms with Crippen molar-refractivity contribution >= 4 is 11.8 Å². The van der Waals surface area contributed by atoms with Gasteiger partial charge in [-0.1, -0.05) is 30.3 Å². The highest BCUT2D eigenvalue weighted by Gasteiger charge is 2.30. The van der Waals surface area contributed by atoms with Crippen LogP contribution in [0.1, 0.15) is 32.2 Å². The van der Waals surface area contributed by atoms with Crippen molar-refractivity contribution in [2.24, 2.45) is 0 Å². The van der Waals surface area contributed by atoms with Crippen LogP contribution in [0.4, 0.5) is 4.79 Å². The number of aliphatic hydroxyl groups excluding tert-OH is 1. The monoisotopic (exact) mass is 383 g/mol. The van der Waals surface area contributed by atoms with Crippen LogP contribution in [0.5, 0.6) is 0 Å². The lowest BCUT2D eigenvalue weighted by Gasteiger charge is -2.30. The van der Waals surface area contributed by atoms with E-state index < -0.39 is 17.8 Å². The summed E-state index contributed by atoms with van der Waals surface area (Å²) < 4.78 is 12.3. The third-order valence-electron chi connectivity index (χ3n) is 4.10. The molecule has 2 heterocycles. The predicted octanol–water partition coefficient (Wildman–Crippen LogP) is 3.37. The number of nitrogens with zero attached hydrogens (tertiary/aromatic N) is 3. The fourth-order valence-electron chi connectivity index (χ4n) is 2.93. The van der Waals surface area contributed by atoms with Gasteiger partial charge in [-0.25, -0.2) is 14.3 Å². The van der Waals surface area contributed by atoms with Crippen LogP contribution in [-0.2, 0) is 16.0 Å². The molecule has 28 heavy (non-hydrogen) atoms. The van der Waals surface area contributed by atoms with Gasteiger partial charge in [0.2, 0.25) is 0 Å². The van der Waals surface area contributed by atoms with Crippen LogP contribution in [0.3, 0.4) is 0 Å². The first-order valence-electron chi connectivity index (χ1n) is 9.02. The first-order chi connectivity index (χ1) is 13.3. The zero-order chi connectivity index (χ0) is 20.3. The van der Waals surface area contributed by atoms with Gasteiger partial charge in [0.05, 0.1) is 7.11 Å². The maximum Gasteiger partial charge on any atom is 0.420 e. The number of methoxy groups -OCH3 is 1. The Bertz CT molecular complexity index is 894. The molecule has 0 spiro atoms. The van der Waals surface area contributed by atoms with Gasteiger partial charge in [-0.2, -0.15) is 0 Å². The lowest BCUT2D eigenvalue weighted by molar-refractivity contribution is 0.0533. The molecule has 1 aromatic heterocycles. The van der Waals surface area contributed by atoms with E-state index in [2.05, 4.69) is 4.98 Å². The summed E-state index contributed by atoms with van der Waals surface area (Å²) >= 11 is 0. The van der Waals surface area contributed by atoms with Crippen molar-refractivity contribution < 1.29 is 19.4 Å². The Labute approximate surface area is 164 Å². The Morgan fingerprint density at radius 3 is 2.61 bits per heavy atom. The van der Waals surface area contributed by atoms with Crippen molar-refractivity contribution in [1.29, 1.82) is 0 Å².